The van der Waals surface area contributed by atoms with Gasteiger partial charge in [-0.25, -0.2) is 14.5 Å². The van der Waals surface area contributed by atoms with Crippen LogP contribution in [0.5, 0.6) is 5.75 Å². The molecule has 10 heteroatoms. The van der Waals surface area contributed by atoms with Crippen LogP contribution < -0.4 is 10.1 Å². The van der Waals surface area contributed by atoms with E-state index in [0.29, 0.717) is 27.4 Å². The number of nitrogens with zero attached hydrogens (tertiary/aromatic N) is 5. The maximum atomic E-state index is 12.5. The van der Waals surface area contributed by atoms with E-state index in [2.05, 4.69) is 25.4 Å². The summed E-state index contributed by atoms with van der Waals surface area (Å²) in [6.45, 7) is 3.75. The van der Waals surface area contributed by atoms with Crippen LogP contribution in [0.3, 0.4) is 0 Å². The molecule has 1 amide bonds. The molecule has 1 aromatic carbocycles. The van der Waals surface area contributed by atoms with Gasteiger partial charge in [-0.3, -0.25) is 10.1 Å². The lowest BCUT2D eigenvalue weighted by Crippen LogP contribution is -2.13. The lowest BCUT2D eigenvalue weighted by molar-refractivity contribution is 0.101. The molecule has 4 rings (SSSR count). The van der Waals surface area contributed by atoms with Crippen LogP contribution in [0.4, 0.5) is 5.13 Å². The molecule has 0 aliphatic rings. The second-order valence-electron chi connectivity index (χ2n) is 6.03. The minimum Gasteiger partial charge on any atom is -0.495 e. The second-order valence-corrected chi connectivity index (χ2v) is 7.29. The number of carbonyl (C=O) groups is 1. The number of methoxy groups -OCH3 is 1. The van der Waals surface area contributed by atoms with Crippen molar-refractivity contribution in [3.8, 4) is 17.0 Å². The van der Waals surface area contributed by atoms with Gasteiger partial charge in [-0.05, 0) is 38.1 Å². The Hall–Kier alpha value is -3.04. The maximum Gasteiger partial charge on any atom is 0.297 e. The first-order chi connectivity index (χ1) is 13.4. The van der Waals surface area contributed by atoms with Gasteiger partial charge < -0.3 is 4.74 Å². The molecule has 1 N–H and O–H groups in total. The van der Waals surface area contributed by atoms with Gasteiger partial charge in [0.2, 0.25) is 5.82 Å². The van der Waals surface area contributed by atoms with Gasteiger partial charge in [0.25, 0.3) is 11.7 Å². The topological polar surface area (TPSA) is 94.3 Å². The number of nitrogens with one attached hydrogen (secondary N) is 1. The maximum absolute atomic E-state index is 12.5. The Morgan fingerprint density at radius 2 is 2.04 bits per heavy atom. The first kappa shape index (κ1) is 18.3. The smallest absolute Gasteiger partial charge is 0.297 e. The second kappa shape index (κ2) is 7.17. The van der Waals surface area contributed by atoms with Crippen molar-refractivity contribution in [3.63, 3.8) is 0 Å². The molecule has 0 atom stereocenters. The van der Waals surface area contributed by atoms with E-state index < -0.39 is 5.91 Å². The zero-order valence-corrected chi connectivity index (χ0v) is 16.8. The minimum absolute atomic E-state index is 0.0328. The fourth-order valence-corrected chi connectivity index (χ4v) is 3.68. The van der Waals surface area contributed by atoms with E-state index in [9.17, 15) is 4.79 Å². The van der Waals surface area contributed by atoms with Gasteiger partial charge in [-0.1, -0.05) is 11.6 Å². The molecule has 0 aliphatic carbocycles. The van der Waals surface area contributed by atoms with Gasteiger partial charge in [-0.2, -0.15) is 4.98 Å². The van der Waals surface area contributed by atoms with E-state index in [1.165, 1.54) is 15.9 Å². The van der Waals surface area contributed by atoms with Crippen molar-refractivity contribution in [2.75, 3.05) is 12.4 Å². The number of rotatable bonds is 4. The number of anilines is 1. The van der Waals surface area contributed by atoms with Crippen LogP contribution in [0.15, 0.2) is 29.6 Å². The van der Waals surface area contributed by atoms with Crippen molar-refractivity contribution >= 4 is 39.8 Å². The van der Waals surface area contributed by atoms with E-state index in [4.69, 9.17) is 16.3 Å². The molecule has 3 aromatic heterocycles. The molecule has 0 unspecified atom stereocenters. The molecule has 3 heterocycles. The summed E-state index contributed by atoms with van der Waals surface area (Å²) < 4.78 is 6.69. The highest BCUT2D eigenvalue weighted by Crippen LogP contribution is 2.31. The number of hydrogen-bond acceptors (Lipinski definition) is 7. The van der Waals surface area contributed by atoms with Crippen LogP contribution in [0, 0.1) is 13.8 Å². The fraction of sp³-hybridized carbons (Fsp3) is 0.167. The van der Waals surface area contributed by atoms with E-state index in [-0.39, 0.29) is 5.82 Å². The van der Waals surface area contributed by atoms with Crippen molar-refractivity contribution in [3.05, 3.63) is 51.9 Å². The molecule has 0 spiro atoms. The number of halogens is 1. The Labute approximate surface area is 169 Å². The number of amides is 1. The molecule has 0 aliphatic heterocycles. The number of aryl methyl sites for hydroxylation is 2. The van der Waals surface area contributed by atoms with Crippen LogP contribution in [0.25, 0.3) is 17.0 Å². The Balaban J connectivity index is 1.56. The first-order valence-electron chi connectivity index (χ1n) is 8.26. The third kappa shape index (κ3) is 3.41. The summed E-state index contributed by atoms with van der Waals surface area (Å²) in [7, 11) is 1.56. The number of ether oxygens (including phenoxy) is 1. The minimum atomic E-state index is -0.448. The molecule has 4 aromatic rings. The average molecular weight is 415 g/mol. The molecule has 0 radical (unpaired) electrons. The third-order valence-corrected chi connectivity index (χ3v) is 5.05. The van der Waals surface area contributed by atoms with Crippen LogP contribution in [0.2, 0.25) is 5.02 Å². The van der Waals surface area contributed by atoms with E-state index >= 15 is 0 Å². The Bertz CT molecular complexity index is 1200. The molecule has 0 fully saturated rings. The number of aromatic nitrogens is 5. The van der Waals surface area contributed by atoms with Crippen molar-refractivity contribution in [1.82, 2.24) is 24.6 Å². The Morgan fingerprint density at radius 1 is 1.21 bits per heavy atom. The summed E-state index contributed by atoms with van der Waals surface area (Å²) in [4.78, 5) is 25.4. The van der Waals surface area contributed by atoms with Crippen LogP contribution in [0.1, 0.15) is 22.0 Å². The lowest BCUT2D eigenvalue weighted by atomic mass is 10.2. The number of benzene rings is 1. The fourth-order valence-electron chi connectivity index (χ4n) is 2.70. The van der Waals surface area contributed by atoms with E-state index in [1.807, 2.05) is 31.4 Å². The predicted molar refractivity (Wildman–Crippen MR) is 107 cm³/mol. The normalized spacial score (nSPS) is 11.0. The lowest BCUT2D eigenvalue weighted by Gasteiger charge is -2.04. The molecule has 0 saturated carbocycles. The Kier molecular flexibility index (Phi) is 4.70. The van der Waals surface area contributed by atoms with E-state index in [1.54, 1.807) is 19.2 Å². The molecule has 28 heavy (non-hydrogen) atoms. The molecule has 8 nitrogen and oxygen atoms in total. The molecular formula is C18H15ClN6O2S. The summed E-state index contributed by atoms with van der Waals surface area (Å²) in [5, 5.41) is 9.71. The third-order valence-electron chi connectivity index (χ3n) is 3.99. The predicted octanol–water partition coefficient (Wildman–Crippen LogP) is 3.78. The van der Waals surface area contributed by atoms with Crippen LogP contribution >= 0.6 is 22.9 Å². The van der Waals surface area contributed by atoms with Gasteiger partial charge in [0.05, 0.1) is 17.8 Å². The zero-order valence-electron chi connectivity index (χ0n) is 15.2. The first-order valence-corrected chi connectivity index (χ1v) is 9.52. The molecule has 0 saturated heterocycles. The number of thiazole rings is 1. The Morgan fingerprint density at radius 3 is 2.79 bits per heavy atom. The SMILES string of the molecule is COc1ccc(-c2csc(NC(=O)c3nc4nc(C)cc(C)n4n3)n2)cc1Cl. The van der Waals surface area contributed by atoms with Crippen LogP contribution in [-0.2, 0) is 0 Å². The number of fused-ring (bicyclic) bond motifs is 1. The summed E-state index contributed by atoms with van der Waals surface area (Å²) in [5.74, 6) is 0.559. The van der Waals surface area contributed by atoms with Gasteiger partial charge in [0.1, 0.15) is 5.75 Å². The quantitative estimate of drug-likeness (QED) is 0.546. The van der Waals surface area contributed by atoms with Gasteiger partial charge in [0.15, 0.2) is 5.13 Å². The van der Waals surface area contributed by atoms with E-state index in [0.717, 1.165) is 17.0 Å². The van der Waals surface area contributed by atoms with Gasteiger partial charge in [0, 0.05) is 22.3 Å². The highest BCUT2D eigenvalue weighted by molar-refractivity contribution is 7.14. The van der Waals surface area contributed by atoms with Crippen molar-refractivity contribution < 1.29 is 9.53 Å². The molecule has 0 bridgehead atoms. The summed E-state index contributed by atoms with van der Waals surface area (Å²) in [6.07, 6.45) is 0. The van der Waals surface area contributed by atoms with Crippen LogP contribution in [-0.4, -0.2) is 37.6 Å². The average Bonchev–Trinajstić information content (AvgIpc) is 3.28. The summed E-state index contributed by atoms with van der Waals surface area (Å²) in [6, 6.07) is 7.26. The monoisotopic (exact) mass is 414 g/mol. The highest BCUT2D eigenvalue weighted by atomic mass is 35.5. The highest BCUT2D eigenvalue weighted by Gasteiger charge is 2.17. The number of carbonyl (C=O) groups excluding carboxylic acids is 1. The van der Waals surface area contributed by atoms with Crippen molar-refractivity contribution in [2.45, 2.75) is 13.8 Å². The standard InChI is InChI=1S/C18H15ClN6O2S/c1-9-6-10(2)25-17(20-9)22-15(24-25)16(26)23-18-21-13(8-28-18)11-4-5-14(27-3)12(19)7-11/h4-8H,1-3H3,(H,21,23,26). The molecular weight excluding hydrogens is 400 g/mol. The summed E-state index contributed by atoms with van der Waals surface area (Å²) in [5.41, 5.74) is 3.18. The van der Waals surface area contributed by atoms with Gasteiger partial charge in [-0.15, -0.1) is 16.4 Å². The largest absolute Gasteiger partial charge is 0.495 e. The molecule has 142 valence electrons. The summed E-state index contributed by atoms with van der Waals surface area (Å²) >= 11 is 7.47. The number of hydrogen-bond donors (Lipinski definition) is 1. The van der Waals surface area contributed by atoms with Crippen molar-refractivity contribution in [1.29, 1.82) is 0 Å². The zero-order chi connectivity index (χ0) is 19.8. The van der Waals surface area contributed by atoms with Crippen molar-refractivity contribution in [2.24, 2.45) is 0 Å². The van der Waals surface area contributed by atoms with Gasteiger partial charge >= 0.3 is 0 Å².